The maximum Gasteiger partial charge on any atom is 0.249 e. The van der Waals surface area contributed by atoms with E-state index in [0.29, 0.717) is 17.7 Å². The Kier molecular flexibility index (Phi) is 4.39. The molecule has 1 unspecified atom stereocenters. The quantitative estimate of drug-likeness (QED) is 0.713. The molecule has 1 aromatic heterocycles. The lowest BCUT2D eigenvalue weighted by Gasteiger charge is -2.15. The highest BCUT2D eigenvalue weighted by Gasteiger charge is 2.37. The van der Waals surface area contributed by atoms with Gasteiger partial charge in [0.25, 0.3) is 0 Å². The Morgan fingerprint density at radius 1 is 1.15 bits per heavy atom. The van der Waals surface area contributed by atoms with Crippen LogP contribution in [0.4, 0.5) is 5.95 Å². The third-order valence-electron chi connectivity index (χ3n) is 4.62. The van der Waals surface area contributed by atoms with E-state index in [1.807, 2.05) is 54.6 Å². The first-order chi connectivity index (χ1) is 12.7. The van der Waals surface area contributed by atoms with E-state index in [9.17, 15) is 4.79 Å². The van der Waals surface area contributed by atoms with Crippen molar-refractivity contribution in [2.75, 3.05) is 12.4 Å². The SMILES string of the molecule is COc1ccc(-c2nc(NC(=O)C(c3ccccc3)C3CC3)n[nH]2)cc1. The maximum atomic E-state index is 12.8. The summed E-state index contributed by atoms with van der Waals surface area (Å²) in [7, 11) is 1.63. The van der Waals surface area contributed by atoms with E-state index in [1.54, 1.807) is 7.11 Å². The average molecular weight is 348 g/mol. The summed E-state index contributed by atoms with van der Waals surface area (Å²) < 4.78 is 5.16. The molecule has 6 nitrogen and oxygen atoms in total. The second kappa shape index (κ2) is 7.00. The molecule has 0 aliphatic heterocycles. The van der Waals surface area contributed by atoms with Crippen molar-refractivity contribution < 1.29 is 9.53 Å². The Morgan fingerprint density at radius 2 is 1.88 bits per heavy atom. The molecule has 2 N–H and O–H groups in total. The van der Waals surface area contributed by atoms with Crippen molar-refractivity contribution in [1.29, 1.82) is 0 Å². The van der Waals surface area contributed by atoms with Gasteiger partial charge >= 0.3 is 0 Å². The molecule has 0 bridgehead atoms. The molecular weight excluding hydrogens is 328 g/mol. The first-order valence-electron chi connectivity index (χ1n) is 8.67. The second-order valence-corrected chi connectivity index (χ2v) is 6.45. The van der Waals surface area contributed by atoms with Crippen LogP contribution in [0.1, 0.15) is 24.3 Å². The fourth-order valence-electron chi connectivity index (χ4n) is 3.11. The lowest BCUT2D eigenvalue weighted by molar-refractivity contribution is -0.118. The number of anilines is 1. The van der Waals surface area contributed by atoms with E-state index in [0.717, 1.165) is 29.7 Å². The Balaban J connectivity index is 1.50. The summed E-state index contributed by atoms with van der Waals surface area (Å²) in [6.45, 7) is 0. The van der Waals surface area contributed by atoms with E-state index in [1.165, 1.54) is 0 Å². The summed E-state index contributed by atoms with van der Waals surface area (Å²) >= 11 is 0. The topological polar surface area (TPSA) is 79.9 Å². The largest absolute Gasteiger partial charge is 0.497 e. The molecule has 1 fully saturated rings. The number of aromatic amines is 1. The molecule has 1 amide bonds. The number of carbonyl (C=O) groups is 1. The van der Waals surface area contributed by atoms with Crippen LogP contribution >= 0.6 is 0 Å². The number of nitrogens with zero attached hydrogens (tertiary/aromatic N) is 2. The fraction of sp³-hybridized carbons (Fsp3) is 0.250. The molecule has 2 aromatic carbocycles. The molecule has 6 heteroatoms. The minimum atomic E-state index is -0.154. The van der Waals surface area contributed by atoms with E-state index in [2.05, 4.69) is 20.5 Å². The van der Waals surface area contributed by atoms with Crippen molar-refractivity contribution in [3.8, 4) is 17.1 Å². The molecular formula is C20H20N4O2. The van der Waals surface area contributed by atoms with E-state index in [-0.39, 0.29) is 11.8 Å². The first-order valence-corrected chi connectivity index (χ1v) is 8.67. The van der Waals surface area contributed by atoms with Gasteiger partial charge in [0.2, 0.25) is 11.9 Å². The second-order valence-electron chi connectivity index (χ2n) is 6.45. The predicted octanol–water partition coefficient (Wildman–Crippen LogP) is 3.61. The zero-order valence-electron chi connectivity index (χ0n) is 14.5. The highest BCUT2D eigenvalue weighted by atomic mass is 16.5. The minimum absolute atomic E-state index is 0.0565. The zero-order valence-corrected chi connectivity index (χ0v) is 14.5. The highest BCUT2D eigenvalue weighted by Crippen LogP contribution is 2.43. The van der Waals surface area contributed by atoms with Crippen LogP contribution in [0.15, 0.2) is 54.6 Å². The monoisotopic (exact) mass is 348 g/mol. The Morgan fingerprint density at radius 3 is 2.54 bits per heavy atom. The number of nitrogens with one attached hydrogen (secondary N) is 2. The number of rotatable bonds is 6. The molecule has 1 saturated carbocycles. The number of ether oxygens (including phenoxy) is 1. The van der Waals surface area contributed by atoms with Gasteiger partial charge in [0.05, 0.1) is 13.0 Å². The van der Waals surface area contributed by atoms with E-state index in [4.69, 9.17) is 4.74 Å². The summed E-state index contributed by atoms with van der Waals surface area (Å²) in [5, 5.41) is 9.86. The van der Waals surface area contributed by atoms with Gasteiger partial charge in [0, 0.05) is 5.56 Å². The molecule has 0 radical (unpaired) electrons. The maximum absolute atomic E-state index is 12.8. The molecule has 26 heavy (non-hydrogen) atoms. The van der Waals surface area contributed by atoms with E-state index < -0.39 is 0 Å². The minimum Gasteiger partial charge on any atom is -0.497 e. The van der Waals surface area contributed by atoms with Crippen LogP contribution in [0.5, 0.6) is 5.75 Å². The fourth-order valence-corrected chi connectivity index (χ4v) is 3.11. The number of hydrogen-bond donors (Lipinski definition) is 2. The van der Waals surface area contributed by atoms with Crippen LogP contribution in [0.3, 0.4) is 0 Å². The van der Waals surface area contributed by atoms with Crippen LogP contribution in [-0.2, 0) is 4.79 Å². The van der Waals surface area contributed by atoms with Crippen LogP contribution < -0.4 is 10.1 Å². The highest BCUT2D eigenvalue weighted by molar-refractivity contribution is 5.95. The third-order valence-corrected chi connectivity index (χ3v) is 4.62. The lowest BCUT2D eigenvalue weighted by Crippen LogP contribution is -2.23. The van der Waals surface area contributed by atoms with Gasteiger partial charge in [-0.05, 0) is 48.6 Å². The molecule has 0 saturated heterocycles. The molecule has 1 aliphatic rings. The van der Waals surface area contributed by atoms with Crippen LogP contribution in [0.2, 0.25) is 0 Å². The van der Waals surface area contributed by atoms with Crippen LogP contribution in [0, 0.1) is 5.92 Å². The number of benzene rings is 2. The Labute approximate surface area is 151 Å². The van der Waals surface area contributed by atoms with Gasteiger partial charge in [-0.15, -0.1) is 5.10 Å². The summed E-state index contributed by atoms with van der Waals surface area (Å²) in [6.07, 6.45) is 2.16. The smallest absolute Gasteiger partial charge is 0.249 e. The Hall–Kier alpha value is -3.15. The van der Waals surface area contributed by atoms with Crippen molar-refractivity contribution in [3.05, 3.63) is 60.2 Å². The van der Waals surface area contributed by atoms with Gasteiger partial charge in [0.1, 0.15) is 5.75 Å². The summed E-state index contributed by atoms with van der Waals surface area (Å²) in [5.41, 5.74) is 1.92. The number of methoxy groups -OCH3 is 1. The number of hydrogen-bond acceptors (Lipinski definition) is 4. The number of amides is 1. The summed E-state index contributed by atoms with van der Waals surface area (Å²) in [4.78, 5) is 17.2. The molecule has 1 aliphatic carbocycles. The molecule has 1 atom stereocenters. The van der Waals surface area contributed by atoms with Crippen molar-refractivity contribution in [2.45, 2.75) is 18.8 Å². The molecule has 132 valence electrons. The normalized spacial score (nSPS) is 14.7. The van der Waals surface area contributed by atoms with Gasteiger partial charge < -0.3 is 4.74 Å². The predicted molar refractivity (Wildman–Crippen MR) is 98.9 cm³/mol. The lowest BCUT2D eigenvalue weighted by atomic mass is 9.93. The number of aromatic nitrogens is 3. The van der Waals surface area contributed by atoms with Crippen LogP contribution in [0.25, 0.3) is 11.4 Å². The summed E-state index contributed by atoms with van der Waals surface area (Å²) in [5.74, 6) is 1.86. The van der Waals surface area contributed by atoms with Gasteiger partial charge in [-0.3, -0.25) is 15.2 Å². The van der Waals surface area contributed by atoms with Gasteiger partial charge in [-0.2, -0.15) is 4.98 Å². The van der Waals surface area contributed by atoms with Crippen molar-refractivity contribution in [3.63, 3.8) is 0 Å². The molecule has 3 aromatic rings. The molecule has 4 rings (SSSR count). The van der Waals surface area contributed by atoms with Crippen LogP contribution in [-0.4, -0.2) is 28.2 Å². The third kappa shape index (κ3) is 3.44. The molecule has 0 spiro atoms. The van der Waals surface area contributed by atoms with Crippen molar-refractivity contribution in [2.24, 2.45) is 5.92 Å². The van der Waals surface area contributed by atoms with Crippen molar-refractivity contribution in [1.82, 2.24) is 15.2 Å². The van der Waals surface area contributed by atoms with Gasteiger partial charge in [0.15, 0.2) is 5.82 Å². The van der Waals surface area contributed by atoms with E-state index >= 15 is 0 Å². The average Bonchev–Trinajstić information content (AvgIpc) is 3.40. The Bertz CT molecular complexity index is 886. The standard InChI is InChI=1S/C20H20N4O2/c1-26-16-11-9-15(10-12-16)18-21-20(24-23-18)22-19(25)17(14-7-8-14)13-5-3-2-4-6-13/h2-6,9-12,14,17H,7-8H2,1H3,(H2,21,22,23,24,25). The summed E-state index contributed by atoms with van der Waals surface area (Å²) in [6, 6.07) is 17.4. The van der Waals surface area contributed by atoms with Gasteiger partial charge in [-0.1, -0.05) is 30.3 Å². The number of H-pyrrole nitrogens is 1. The van der Waals surface area contributed by atoms with Gasteiger partial charge in [-0.25, -0.2) is 0 Å². The van der Waals surface area contributed by atoms with Crippen molar-refractivity contribution >= 4 is 11.9 Å². The molecule has 1 heterocycles. The first kappa shape index (κ1) is 16.3. The zero-order chi connectivity index (χ0) is 17.9. The number of carbonyl (C=O) groups excluding carboxylic acids is 1.